The zero-order chi connectivity index (χ0) is 13.0. The third-order valence-electron chi connectivity index (χ3n) is 3.21. The molecule has 0 aromatic rings. The van der Waals surface area contributed by atoms with Crippen LogP contribution in [-0.2, 0) is 9.59 Å². The summed E-state index contributed by atoms with van der Waals surface area (Å²) in [6.45, 7) is 6.85. The van der Waals surface area contributed by atoms with Gasteiger partial charge in [-0.25, -0.2) is 0 Å². The Morgan fingerprint density at radius 3 is 2.18 bits per heavy atom. The predicted octanol–water partition coefficient (Wildman–Crippen LogP) is 0.696. The third-order valence-corrected chi connectivity index (χ3v) is 3.21. The highest BCUT2D eigenvalue weighted by Crippen LogP contribution is 2.18. The lowest BCUT2D eigenvalue weighted by molar-refractivity contribution is -0.145. The Balaban J connectivity index is 2.50. The summed E-state index contributed by atoms with van der Waals surface area (Å²) in [5.74, 6) is -0.662. The Morgan fingerprint density at radius 1 is 1.29 bits per heavy atom. The molecule has 0 bridgehead atoms. The monoisotopic (exact) mass is 242 g/mol. The molecular formula is C12H22N2O3. The van der Waals surface area contributed by atoms with Gasteiger partial charge in [0.1, 0.15) is 6.04 Å². The minimum atomic E-state index is -0.752. The fourth-order valence-electron chi connectivity index (χ4n) is 2.47. The molecule has 5 nitrogen and oxygen atoms in total. The van der Waals surface area contributed by atoms with E-state index < -0.39 is 12.0 Å². The maximum Gasteiger partial charge on any atom is 0.321 e. The molecule has 1 atom stereocenters. The van der Waals surface area contributed by atoms with Crippen molar-refractivity contribution in [3.63, 3.8) is 0 Å². The summed E-state index contributed by atoms with van der Waals surface area (Å²) in [5.41, 5.74) is 0. The van der Waals surface area contributed by atoms with Crippen molar-refractivity contribution in [3.8, 4) is 0 Å². The SMILES string of the molecule is CC(=O)NC1CCN(C(C(=O)O)C(C)C)CC1. The molecule has 0 aromatic carbocycles. The number of piperidine rings is 1. The van der Waals surface area contributed by atoms with Gasteiger partial charge in [0.15, 0.2) is 0 Å². The summed E-state index contributed by atoms with van der Waals surface area (Å²) >= 11 is 0. The Bertz CT molecular complexity index is 283. The number of carboxylic acid groups (broad SMARTS) is 1. The van der Waals surface area contributed by atoms with Gasteiger partial charge in [-0.15, -0.1) is 0 Å². The number of nitrogens with one attached hydrogen (secondary N) is 1. The van der Waals surface area contributed by atoms with Gasteiger partial charge in [0.05, 0.1) is 0 Å². The predicted molar refractivity (Wildman–Crippen MR) is 64.7 cm³/mol. The summed E-state index contributed by atoms with van der Waals surface area (Å²) < 4.78 is 0. The third kappa shape index (κ3) is 4.00. The molecule has 17 heavy (non-hydrogen) atoms. The minimum absolute atomic E-state index is 0.0119. The van der Waals surface area contributed by atoms with Crippen LogP contribution < -0.4 is 5.32 Å². The summed E-state index contributed by atoms with van der Waals surface area (Å²) in [4.78, 5) is 24.1. The molecule has 5 heteroatoms. The second kappa shape index (κ2) is 6.00. The molecular weight excluding hydrogens is 220 g/mol. The first-order valence-electron chi connectivity index (χ1n) is 6.15. The molecule has 2 N–H and O–H groups in total. The molecule has 1 heterocycles. The van der Waals surface area contributed by atoms with Gasteiger partial charge in [0.25, 0.3) is 0 Å². The zero-order valence-electron chi connectivity index (χ0n) is 10.8. The molecule has 1 aliphatic heterocycles. The molecule has 0 spiro atoms. The van der Waals surface area contributed by atoms with Crippen LogP contribution in [0.2, 0.25) is 0 Å². The summed E-state index contributed by atoms with van der Waals surface area (Å²) in [7, 11) is 0. The Kier molecular flexibility index (Phi) is 4.93. The second-order valence-corrected chi connectivity index (χ2v) is 5.04. The van der Waals surface area contributed by atoms with E-state index in [0.717, 1.165) is 25.9 Å². The summed E-state index contributed by atoms with van der Waals surface area (Å²) in [6, 6.07) is -0.210. The van der Waals surface area contributed by atoms with Gasteiger partial charge in [-0.3, -0.25) is 14.5 Å². The van der Waals surface area contributed by atoms with Gasteiger partial charge in [-0.2, -0.15) is 0 Å². The number of carboxylic acids is 1. The fourth-order valence-corrected chi connectivity index (χ4v) is 2.47. The molecule has 0 radical (unpaired) electrons. The van der Waals surface area contributed by atoms with Crippen LogP contribution in [0, 0.1) is 5.92 Å². The summed E-state index contributed by atoms with van der Waals surface area (Å²) in [5, 5.41) is 12.1. The van der Waals surface area contributed by atoms with E-state index in [4.69, 9.17) is 0 Å². The Labute approximate surface area is 102 Å². The zero-order valence-corrected chi connectivity index (χ0v) is 10.8. The first kappa shape index (κ1) is 14.0. The van der Waals surface area contributed by atoms with Crippen molar-refractivity contribution in [1.29, 1.82) is 0 Å². The molecule has 1 aliphatic rings. The highest BCUT2D eigenvalue weighted by molar-refractivity contribution is 5.74. The molecule has 0 aliphatic carbocycles. The number of hydrogen-bond donors (Lipinski definition) is 2. The molecule has 1 fully saturated rings. The van der Waals surface area contributed by atoms with Gasteiger partial charge in [-0.05, 0) is 18.8 Å². The smallest absolute Gasteiger partial charge is 0.321 e. The summed E-state index contributed by atoms with van der Waals surface area (Å²) in [6.07, 6.45) is 1.66. The van der Waals surface area contributed by atoms with E-state index >= 15 is 0 Å². The van der Waals surface area contributed by atoms with Gasteiger partial charge in [0, 0.05) is 26.1 Å². The molecule has 0 saturated carbocycles. The molecule has 1 rings (SSSR count). The number of rotatable bonds is 4. The van der Waals surface area contributed by atoms with Crippen molar-refractivity contribution in [1.82, 2.24) is 10.2 Å². The lowest BCUT2D eigenvalue weighted by Crippen LogP contribution is -2.51. The number of aliphatic carboxylic acids is 1. The Hall–Kier alpha value is -1.10. The maximum absolute atomic E-state index is 11.2. The number of nitrogens with zero attached hydrogens (tertiary/aromatic N) is 1. The van der Waals surface area contributed by atoms with Gasteiger partial charge >= 0.3 is 5.97 Å². The standard InChI is InChI=1S/C12H22N2O3/c1-8(2)11(12(16)17)14-6-4-10(5-7-14)13-9(3)15/h8,10-11H,4-7H2,1-3H3,(H,13,15)(H,16,17). The second-order valence-electron chi connectivity index (χ2n) is 5.04. The fraction of sp³-hybridized carbons (Fsp3) is 0.833. The highest BCUT2D eigenvalue weighted by atomic mass is 16.4. The Morgan fingerprint density at radius 2 is 1.82 bits per heavy atom. The molecule has 1 amide bonds. The van der Waals surface area contributed by atoms with E-state index in [1.807, 2.05) is 18.7 Å². The molecule has 1 saturated heterocycles. The van der Waals surface area contributed by atoms with Crippen molar-refractivity contribution in [3.05, 3.63) is 0 Å². The van der Waals surface area contributed by atoms with Crippen molar-refractivity contribution < 1.29 is 14.7 Å². The number of carbonyl (C=O) groups is 2. The van der Waals surface area contributed by atoms with Crippen LogP contribution in [-0.4, -0.2) is 47.1 Å². The number of likely N-dealkylation sites (tertiary alicyclic amines) is 1. The number of amides is 1. The van der Waals surface area contributed by atoms with Crippen LogP contribution in [0.1, 0.15) is 33.6 Å². The molecule has 98 valence electrons. The van der Waals surface area contributed by atoms with Crippen LogP contribution in [0.15, 0.2) is 0 Å². The van der Waals surface area contributed by atoms with E-state index in [-0.39, 0.29) is 17.9 Å². The molecule has 0 aromatic heterocycles. The van der Waals surface area contributed by atoms with Crippen molar-refractivity contribution in [2.24, 2.45) is 5.92 Å². The van der Waals surface area contributed by atoms with E-state index in [1.54, 1.807) is 0 Å². The lowest BCUT2D eigenvalue weighted by Gasteiger charge is -2.37. The van der Waals surface area contributed by atoms with Crippen LogP contribution >= 0.6 is 0 Å². The normalized spacial score (nSPS) is 20.2. The van der Waals surface area contributed by atoms with Crippen molar-refractivity contribution >= 4 is 11.9 Å². The van der Waals surface area contributed by atoms with Crippen LogP contribution in [0.4, 0.5) is 0 Å². The highest BCUT2D eigenvalue weighted by Gasteiger charge is 2.31. The number of hydrogen-bond acceptors (Lipinski definition) is 3. The average molecular weight is 242 g/mol. The van der Waals surface area contributed by atoms with E-state index in [0.29, 0.717) is 0 Å². The van der Waals surface area contributed by atoms with Crippen molar-refractivity contribution in [2.75, 3.05) is 13.1 Å². The van der Waals surface area contributed by atoms with E-state index in [2.05, 4.69) is 5.32 Å². The van der Waals surface area contributed by atoms with E-state index in [1.165, 1.54) is 6.92 Å². The lowest BCUT2D eigenvalue weighted by atomic mass is 9.97. The van der Waals surface area contributed by atoms with Crippen LogP contribution in [0.5, 0.6) is 0 Å². The number of carbonyl (C=O) groups excluding carboxylic acids is 1. The van der Waals surface area contributed by atoms with Crippen molar-refractivity contribution in [2.45, 2.75) is 45.7 Å². The average Bonchev–Trinajstić information content (AvgIpc) is 2.18. The maximum atomic E-state index is 11.2. The first-order chi connectivity index (χ1) is 7.91. The van der Waals surface area contributed by atoms with Gasteiger partial charge < -0.3 is 10.4 Å². The van der Waals surface area contributed by atoms with Gasteiger partial charge in [0.2, 0.25) is 5.91 Å². The first-order valence-corrected chi connectivity index (χ1v) is 6.15. The van der Waals surface area contributed by atoms with Gasteiger partial charge in [-0.1, -0.05) is 13.8 Å². The largest absolute Gasteiger partial charge is 0.480 e. The minimum Gasteiger partial charge on any atom is -0.480 e. The quantitative estimate of drug-likeness (QED) is 0.761. The van der Waals surface area contributed by atoms with E-state index in [9.17, 15) is 14.7 Å². The topological polar surface area (TPSA) is 69.6 Å². The van der Waals surface area contributed by atoms with Crippen LogP contribution in [0.25, 0.3) is 0 Å². The van der Waals surface area contributed by atoms with Crippen LogP contribution in [0.3, 0.4) is 0 Å². The molecule has 1 unspecified atom stereocenters.